The van der Waals surface area contributed by atoms with Crippen molar-refractivity contribution < 1.29 is 29.9 Å². The molecule has 128 valence electrons. The van der Waals surface area contributed by atoms with E-state index in [9.17, 15) is 20.4 Å². The van der Waals surface area contributed by atoms with E-state index < -0.39 is 24.4 Å². The summed E-state index contributed by atoms with van der Waals surface area (Å²) in [6, 6.07) is 0. The van der Waals surface area contributed by atoms with Crippen LogP contribution < -0.4 is 0 Å². The Bertz CT molecular complexity index is 378. The van der Waals surface area contributed by atoms with Crippen LogP contribution in [0.5, 0.6) is 0 Å². The van der Waals surface area contributed by atoms with E-state index in [1.807, 2.05) is 0 Å². The summed E-state index contributed by atoms with van der Waals surface area (Å²) >= 11 is 0. The average Bonchev–Trinajstić information content (AvgIpc) is 2.51. The molecule has 0 spiro atoms. The molecule has 22 heavy (non-hydrogen) atoms. The Morgan fingerprint density at radius 3 is 2.27 bits per heavy atom. The fourth-order valence-electron chi connectivity index (χ4n) is 4.65. The highest BCUT2D eigenvalue weighted by atomic mass is 16.5. The number of ether oxygens (including phenoxy) is 2. The Labute approximate surface area is 131 Å². The van der Waals surface area contributed by atoms with Gasteiger partial charge in [-0.2, -0.15) is 0 Å². The van der Waals surface area contributed by atoms with Gasteiger partial charge in [-0.3, -0.25) is 0 Å². The first kappa shape index (κ1) is 16.6. The lowest BCUT2D eigenvalue weighted by molar-refractivity contribution is -0.284. The molecule has 5 N–H and O–H groups in total. The number of aliphatic hydroxyl groups excluding tert-OH is 4. The van der Waals surface area contributed by atoms with Crippen molar-refractivity contribution in [2.75, 3.05) is 7.11 Å². The molecule has 0 aromatic carbocycles. The summed E-state index contributed by atoms with van der Waals surface area (Å²) in [5.74, 6) is 0.475. The van der Waals surface area contributed by atoms with Crippen LogP contribution in [0.2, 0.25) is 0 Å². The molecule has 6 heteroatoms. The molecule has 3 fully saturated rings. The lowest BCUT2D eigenvalue weighted by atomic mass is 9.73. The number of methoxy groups -OCH3 is 1. The van der Waals surface area contributed by atoms with E-state index in [0.717, 1.165) is 19.3 Å². The zero-order valence-corrected chi connectivity index (χ0v) is 13.1. The van der Waals surface area contributed by atoms with Gasteiger partial charge in [0.1, 0.15) is 6.10 Å². The summed E-state index contributed by atoms with van der Waals surface area (Å²) in [6.45, 7) is 0. The van der Waals surface area contributed by atoms with Crippen LogP contribution in [-0.4, -0.2) is 75.0 Å². The van der Waals surface area contributed by atoms with Gasteiger partial charge in [-0.25, -0.2) is 0 Å². The molecule has 6 nitrogen and oxygen atoms in total. The van der Waals surface area contributed by atoms with Gasteiger partial charge in [0.2, 0.25) is 0 Å². The van der Waals surface area contributed by atoms with Crippen LogP contribution in [0.25, 0.3) is 0 Å². The molecule has 1 saturated heterocycles. The number of aliphatic hydroxyl groups is 6. The Kier molecular flexibility index (Phi) is 5.07. The lowest BCUT2D eigenvalue weighted by Crippen LogP contribution is -2.58. The first-order chi connectivity index (χ1) is 10.5. The van der Waals surface area contributed by atoms with Crippen LogP contribution in [0.15, 0.2) is 0 Å². The molecule has 9 atom stereocenters. The maximum Gasteiger partial charge on any atom is 0.163 e. The lowest BCUT2D eigenvalue weighted by Gasteiger charge is -2.46. The van der Waals surface area contributed by atoms with Crippen LogP contribution in [0.4, 0.5) is 0 Å². The number of hydrogen-bond donors (Lipinski definition) is 4. The Morgan fingerprint density at radius 1 is 0.818 bits per heavy atom. The van der Waals surface area contributed by atoms with Gasteiger partial charge < -0.3 is 29.9 Å². The highest BCUT2D eigenvalue weighted by molar-refractivity contribution is 4.97. The fourth-order valence-corrected chi connectivity index (χ4v) is 4.65. The van der Waals surface area contributed by atoms with Crippen molar-refractivity contribution >= 4 is 0 Å². The fraction of sp³-hybridized carbons (Fsp3) is 1.00. The smallest absolute Gasteiger partial charge is 0.163 e. The van der Waals surface area contributed by atoms with Gasteiger partial charge in [0, 0.05) is 25.9 Å². The van der Waals surface area contributed by atoms with Crippen LogP contribution >= 0.6 is 0 Å². The second-order valence-electron chi connectivity index (χ2n) is 7.23. The van der Waals surface area contributed by atoms with E-state index in [4.69, 9.17) is 9.47 Å². The van der Waals surface area contributed by atoms with Gasteiger partial charge in [-0.1, -0.05) is 0 Å². The molecule has 3 aliphatic rings. The van der Waals surface area contributed by atoms with E-state index in [0.29, 0.717) is 25.2 Å². The van der Waals surface area contributed by atoms with Gasteiger partial charge in [-0.05, 0) is 25.7 Å². The summed E-state index contributed by atoms with van der Waals surface area (Å²) < 4.78 is 10.3. The highest BCUT2D eigenvalue weighted by Crippen LogP contribution is 2.40. The molecular formula is C16H29O6+. The predicted molar refractivity (Wildman–Crippen MR) is 79.3 cm³/mol. The van der Waals surface area contributed by atoms with Gasteiger partial charge >= 0.3 is 0 Å². The molecule has 0 aromatic heterocycles. The van der Waals surface area contributed by atoms with Gasteiger partial charge in [0.15, 0.2) is 12.2 Å². The third-order valence-electron chi connectivity index (χ3n) is 5.95. The Hall–Kier alpha value is -0.240. The molecule has 2 aliphatic carbocycles. The minimum absolute atomic E-state index is 0.0195. The van der Waals surface area contributed by atoms with Crippen molar-refractivity contribution in [1.82, 2.24) is 0 Å². The first-order valence-electron chi connectivity index (χ1n) is 8.46. The minimum atomic E-state index is -0.829. The molecular weight excluding hydrogens is 288 g/mol. The van der Waals surface area contributed by atoms with Crippen molar-refractivity contribution in [2.24, 2.45) is 11.8 Å². The normalized spacial score (nSPS) is 53.0. The van der Waals surface area contributed by atoms with Crippen LogP contribution in [-0.2, 0) is 4.74 Å². The first-order valence-corrected chi connectivity index (χ1v) is 8.46. The maximum absolute atomic E-state index is 10.1. The minimum Gasteiger partial charge on any atom is -0.429 e. The number of rotatable bonds is 2. The molecule has 9 unspecified atom stereocenters. The van der Waals surface area contributed by atoms with Crippen LogP contribution in [0.1, 0.15) is 38.5 Å². The molecule has 0 aromatic rings. The summed E-state index contributed by atoms with van der Waals surface area (Å²) in [7, 11) is 1.58. The molecule has 0 amide bonds. The van der Waals surface area contributed by atoms with E-state index >= 15 is 0 Å². The molecule has 1 aliphatic heterocycles. The topological polar surface area (TPSA) is 103 Å². The van der Waals surface area contributed by atoms with Crippen LogP contribution in [0, 0.1) is 11.8 Å². The third kappa shape index (κ3) is 3.05. The molecule has 3 rings (SSSR count). The van der Waals surface area contributed by atoms with Gasteiger partial charge in [0.25, 0.3) is 0 Å². The van der Waals surface area contributed by atoms with Crippen LogP contribution in [0.3, 0.4) is 0 Å². The zero-order chi connectivity index (χ0) is 15.9. The average molecular weight is 317 g/mol. The Morgan fingerprint density at radius 2 is 1.59 bits per heavy atom. The van der Waals surface area contributed by atoms with E-state index in [-0.39, 0.29) is 24.2 Å². The van der Waals surface area contributed by atoms with Crippen molar-refractivity contribution in [3.63, 3.8) is 0 Å². The van der Waals surface area contributed by atoms with Gasteiger partial charge in [0.05, 0.1) is 30.3 Å². The number of fused-ring (bicyclic) bond motifs is 1. The second-order valence-corrected chi connectivity index (χ2v) is 7.23. The summed E-state index contributed by atoms with van der Waals surface area (Å²) in [5, 5.41) is 39.6. The van der Waals surface area contributed by atoms with Gasteiger partial charge in [-0.15, -0.1) is 0 Å². The van der Waals surface area contributed by atoms with Crippen molar-refractivity contribution in [1.29, 1.82) is 0 Å². The van der Waals surface area contributed by atoms with E-state index in [1.165, 1.54) is 0 Å². The molecule has 1 heterocycles. The third-order valence-corrected chi connectivity index (χ3v) is 5.95. The SMILES string of the molecule is COC1C(O)C(O)CC2[OH+]C(C3CCC(O)C(O)C3)CCC21. The standard InChI is InChI=1S/C16H28O6/c1-21-16-9-3-5-13(8-2-4-10(17)11(18)6-8)22-14(9)7-12(19)15(16)20/h8-20H,2-7H2,1H3/p+1. The monoisotopic (exact) mass is 317 g/mol. The summed E-state index contributed by atoms with van der Waals surface area (Å²) in [4.78, 5) is 0. The van der Waals surface area contributed by atoms with E-state index in [2.05, 4.69) is 0 Å². The number of hydrogen-bond acceptors (Lipinski definition) is 5. The summed E-state index contributed by atoms with van der Waals surface area (Å²) in [5.41, 5.74) is 0. The van der Waals surface area contributed by atoms with Crippen molar-refractivity contribution in [2.45, 2.75) is 81.3 Å². The predicted octanol–water partition coefficient (Wildman–Crippen LogP) is -0.676. The molecule has 0 bridgehead atoms. The van der Waals surface area contributed by atoms with E-state index in [1.54, 1.807) is 7.11 Å². The Balaban J connectivity index is 1.64. The molecule has 2 saturated carbocycles. The summed E-state index contributed by atoms with van der Waals surface area (Å²) in [6.07, 6.45) is 1.47. The largest absolute Gasteiger partial charge is 0.429 e. The zero-order valence-electron chi connectivity index (χ0n) is 13.1. The highest BCUT2D eigenvalue weighted by Gasteiger charge is 2.51. The quantitative estimate of drug-likeness (QED) is 0.506. The van der Waals surface area contributed by atoms with Crippen molar-refractivity contribution in [3.8, 4) is 0 Å². The second kappa shape index (κ2) is 6.71. The maximum atomic E-state index is 10.1. The van der Waals surface area contributed by atoms with Crippen molar-refractivity contribution in [3.05, 3.63) is 0 Å². The molecule has 0 radical (unpaired) electrons.